The van der Waals surface area contributed by atoms with Crippen LogP contribution in [-0.4, -0.2) is 104 Å². The monoisotopic (exact) mass is 729 g/mol. The SMILES string of the molecule is COc1ccc(C2CCCCC2)c2c1cc1n2CC2=C(C(=O)NS(=O)(=O)N3C[C@@H](C)O[C@@H](C)C3)C2=C2C=CC[C@@H](C(=O)N3C4CCC3CN(C)C4)C21. The Hall–Kier alpha value is -3.45. The number of benzene rings is 1. The summed E-state index contributed by atoms with van der Waals surface area (Å²) in [4.78, 5) is 33.6. The van der Waals surface area contributed by atoms with Crippen LogP contribution in [-0.2, 0) is 31.1 Å². The molecule has 7 aliphatic rings. The number of carbonyl (C=O) groups excluding carboxylic acids is 2. The van der Waals surface area contributed by atoms with Gasteiger partial charge in [-0.15, -0.1) is 0 Å². The van der Waals surface area contributed by atoms with E-state index in [1.807, 2.05) is 13.8 Å². The van der Waals surface area contributed by atoms with Gasteiger partial charge in [-0.1, -0.05) is 37.5 Å². The second-order valence-corrected chi connectivity index (χ2v) is 18.0. The second kappa shape index (κ2) is 12.8. The van der Waals surface area contributed by atoms with Crippen molar-refractivity contribution >= 4 is 32.9 Å². The fourth-order valence-corrected chi connectivity index (χ4v) is 12.0. The summed E-state index contributed by atoms with van der Waals surface area (Å²) in [5.74, 6) is 0.179. The third kappa shape index (κ3) is 5.58. The Kier molecular flexibility index (Phi) is 8.48. The van der Waals surface area contributed by atoms with E-state index in [-0.39, 0.29) is 55.1 Å². The van der Waals surface area contributed by atoms with Gasteiger partial charge in [0.05, 0.1) is 36.3 Å². The van der Waals surface area contributed by atoms with Crippen molar-refractivity contribution in [3.8, 4) is 5.75 Å². The number of morpholine rings is 1. The van der Waals surface area contributed by atoms with Crippen LogP contribution in [0.25, 0.3) is 10.9 Å². The molecule has 1 aromatic heterocycles. The van der Waals surface area contributed by atoms with Crippen molar-refractivity contribution in [1.29, 1.82) is 0 Å². The molecule has 2 amide bonds. The van der Waals surface area contributed by atoms with E-state index in [0.717, 1.165) is 77.8 Å². The molecule has 6 atom stereocenters. The van der Waals surface area contributed by atoms with Gasteiger partial charge in [0.15, 0.2) is 0 Å². The van der Waals surface area contributed by atoms with E-state index in [1.165, 1.54) is 29.1 Å². The van der Waals surface area contributed by atoms with Crippen molar-refractivity contribution in [3.63, 3.8) is 0 Å². The number of hydrogen-bond donors (Lipinski definition) is 1. The highest BCUT2D eigenvalue weighted by molar-refractivity contribution is 7.87. The van der Waals surface area contributed by atoms with E-state index in [4.69, 9.17) is 9.47 Å². The molecule has 11 nitrogen and oxygen atoms in total. The Bertz CT molecular complexity index is 2020. The molecule has 52 heavy (non-hydrogen) atoms. The minimum atomic E-state index is -4.11. The van der Waals surface area contributed by atoms with Crippen molar-refractivity contribution in [1.82, 2.24) is 23.4 Å². The molecule has 2 aromatic rings. The standard InChI is InChI=1S/C40H51N5O6S/c1-23-18-43(19-24(2)51-23)52(48,49)41-39(46)37-32-22-44-33(17-31-34(50-4)16-15-28(38(31)44)25-9-6-5-7-10-25)35-29(36(32)37)11-8-12-30(35)40(47)45-26-13-14-27(45)21-42(3)20-26/h8,11,15-17,23-27,30,35H,5-7,9-10,12-14,18-22H2,1-4H3,(H,41,46)/t23-,24+,26?,27?,30-,35?/m1/s1. The van der Waals surface area contributed by atoms with Gasteiger partial charge in [0.25, 0.3) is 5.91 Å². The van der Waals surface area contributed by atoms with Gasteiger partial charge in [-0.05, 0) is 93.3 Å². The summed E-state index contributed by atoms with van der Waals surface area (Å²) in [5.41, 5.74) is 6.53. The first-order valence-corrected chi connectivity index (χ1v) is 20.8. The molecule has 1 saturated carbocycles. The number of nitrogens with one attached hydrogen (secondary N) is 1. The summed E-state index contributed by atoms with van der Waals surface area (Å²) in [6.45, 7) is 6.25. The quantitative estimate of drug-likeness (QED) is 0.457. The molecule has 0 radical (unpaired) electrons. The number of methoxy groups -OCH3 is 1. The fourth-order valence-electron chi connectivity index (χ4n) is 10.7. The van der Waals surface area contributed by atoms with Crippen molar-refractivity contribution < 1.29 is 27.5 Å². The molecule has 3 unspecified atom stereocenters. The highest BCUT2D eigenvalue weighted by atomic mass is 32.2. The molecule has 3 saturated heterocycles. The summed E-state index contributed by atoms with van der Waals surface area (Å²) >= 11 is 0. The van der Waals surface area contributed by atoms with Gasteiger partial charge >= 0.3 is 10.2 Å². The largest absolute Gasteiger partial charge is 0.496 e. The van der Waals surface area contributed by atoms with Gasteiger partial charge in [-0.2, -0.15) is 12.7 Å². The third-order valence-corrected chi connectivity index (χ3v) is 14.3. The average Bonchev–Trinajstić information content (AvgIpc) is 3.65. The molecule has 4 fully saturated rings. The lowest BCUT2D eigenvalue weighted by molar-refractivity contribution is -0.141. The number of likely N-dealkylation sites (N-methyl/N-ethyl adjacent to an activating group) is 1. The van der Waals surface area contributed by atoms with Crippen LogP contribution in [0.15, 0.2) is 52.6 Å². The number of hydrogen-bond acceptors (Lipinski definition) is 7. The molecule has 5 heterocycles. The topological polar surface area (TPSA) is 113 Å². The smallest absolute Gasteiger partial charge is 0.304 e. The lowest BCUT2D eigenvalue weighted by atomic mass is 9.75. The molecule has 1 aromatic carbocycles. The average molecular weight is 730 g/mol. The maximum absolute atomic E-state index is 14.9. The first-order chi connectivity index (χ1) is 25.0. The van der Waals surface area contributed by atoms with Gasteiger partial charge in [-0.25, -0.2) is 4.72 Å². The first kappa shape index (κ1) is 34.3. The van der Waals surface area contributed by atoms with Gasteiger partial charge in [0.1, 0.15) is 5.75 Å². The zero-order chi connectivity index (χ0) is 36.1. The molecule has 278 valence electrons. The highest BCUT2D eigenvalue weighted by Gasteiger charge is 2.51. The molecular weight excluding hydrogens is 679 g/mol. The van der Waals surface area contributed by atoms with Crippen molar-refractivity contribution in [2.45, 2.75) is 108 Å². The van der Waals surface area contributed by atoms with Crippen molar-refractivity contribution in [2.24, 2.45) is 5.92 Å². The van der Waals surface area contributed by atoms with E-state index in [0.29, 0.717) is 24.5 Å². The van der Waals surface area contributed by atoms with E-state index in [2.05, 4.69) is 56.5 Å². The normalized spacial score (nSPS) is 31.0. The Morgan fingerprint density at radius 1 is 0.962 bits per heavy atom. The summed E-state index contributed by atoms with van der Waals surface area (Å²) in [7, 11) is -0.250. The van der Waals surface area contributed by atoms with E-state index < -0.39 is 16.1 Å². The zero-order valence-electron chi connectivity index (χ0n) is 30.8. The number of ether oxygens (including phenoxy) is 2. The van der Waals surface area contributed by atoms with Gasteiger partial charge in [-0.3, -0.25) is 9.59 Å². The van der Waals surface area contributed by atoms with Crippen LogP contribution in [0.5, 0.6) is 5.75 Å². The fraction of sp³-hybridized carbons (Fsp3) is 0.600. The Morgan fingerprint density at radius 2 is 1.67 bits per heavy atom. The summed E-state index contributed by atoms with van der Waals surface area (Å²) in [6, 6.07) is 6.98. The molecule has 3 aliphatic carbocycles. The number of likely N-dealkylation sites (tertiary alicyclic amines) is 1. The van der Waals surface area contributed by atoms with Crippen LogP contribution in [0.4, 0.5) is 0 Å². The Balaban J connectivity index is 1.16. The van der Waals surface area contributed by atoms with Crippen LogP contribution in [0, 0.1) is 5.92 Å². The van der Waals surface area contributed by atoms with Crippen LogP contribution in [0.2, 0.25) is 0 Å². The van der Waals surface area contributed by atoms with Crippen LogP contribution in [0.1, 0.15) is 88.3 Å². The number of fused-ring (bicyclic) bond motifs is 8. The Labute approximate surface area is 306 Å². The van der Waals surface area contributed by atoms with E-state index in [1.54, 1.807) is 7.11 Å². The molecule has 4 aliphatic heterocycles. The van der Waals surface area contributed by atoms with Gasteiger partial charge in [0.2, 0.25) is 5.91 Å². The molecule has 0 spiro atoms. The van der Waals surface area contributed by atoms with Crippen LogP contribution < -0.4 is 9.46 Å². The van der Waals surface area contributed by atoms with Crippen molar-refractivity contribution in [3.05, 3.63) is 63.9 Å². The number of allylic oxidation sites excluding steroid dienone is 4. The Morgan fingerprint density at radius 3 is 2.37 bits per heavy atom. The second-order valence-electron chi connectivity index (χ2n) is 16.4. The summed E-state index contributed by atoms with van der Waals surface area (Å²) in [5, 5.41) is 1.04. The van der Waals surface area contributed by atoms with E-state index >= 15 is 0 Å². The first-order valence-electron chi connectivity index (χ1n) is 19.4. The number of piperazine rings is 1. The number of aromatic nitrogens is 1. The predicted molar refractivity (Wildman–Crippen MR) is 198 cm³/mol. The van der Waals surface area contributed by atoms with Crippen molar-refractivity contribution in [2.75, 3.05) is 40.3 Å². The molecular formula is C40H51N5O6S. The molecule has 1 N–H and O–H groups in total. The molecule has 12 heteroatoms. The summed E-state index contributed by atoms with van der Waals surface area (Å²) in [6.07, 6.45) is 12.2. The number of rotatable bonds is 6. The molecule has 9 rings (SSSR count). The number of nitrogens with zero attached hydrogens (tertiary/aromatic N) is 4. The van der Waals surface area contributed by atoms with E-state index in [9.17, 15) is 18.0 Å². The minimum absolute atomic E-state index is 0.181. The lowest BCUT2D eigenvalue weighted by Crippen LogP contribution is -2.56. The number of carbonyl (C=O) groups is 2. The highest BCUT2D eigenvalue weighted by Crippen LogP contribution is 2.55. The zero-order valence-corrected chi connectivity index (χ0v) is 31.6. The van der Waals surface area contributed by atoms with Crippen LogP contribution >= 0.6 is 0 Å². The lowest BCUT2D eigenvalue weighted by Gasteiger charge is -2.43. The van der Waals surface area contributed by atoms with Gasteiger partial charge < -0.3 is 23.8 Å². The maximum atomic E-state index is 14.9. The maximum Gasteiger partial charge on any atom is 0.304 e. The number of amides is 2. The minimum Gasteiger partial charge on any atom is -0.496 e. The summed E-state index contributed by atoms with van der Waals surface area (Å²) < 4.78 is 45.1. The molecule has 2 bridgehead atoms. The predicted octanol–water partition coefficient (Wildman–Crippen LogP) is 4.75. The van der Waals surface area contributed by atoms with Gasteiger partial charge in [0, 0.05) is 61.8 Å². The van der Waals surface area contributed by atoms with Crippen LogP contribution in [0.3, 0.4) is 0 Å². The third-order valence-electron chi connectivity index (χ3n) is 12.9.